The third kappa shape index (κ3) is 4.47. The van der Waals surface area contributed by atoms with Gasteiger partial charge in [-0.05, 0) is 48.1 Å². The molecule has 1 aromatic rings. The summed E-state index contributed by atoms with van der Waals surface area (Å²) in [5.74, 6) is 0.709. The Morgan fingerprint density at radius 1 is 1.44 bits per heavy atom. The zero-order valence-electron chi connectivity index (χ0n) is 9.72. The van der Waals surface area contributed by atoms with E-state index in [1.165, 1.54) is 0 Å². The number of carbonyl (C=O) groups excluding carboxylic acids is 1. The van der Waals surface area contributed by atoms with Crippen molar-refractivity contribution >= 4 is 34.3 Å². The Hall–Kier alpha value is -0.650. The second-order valence-corrected chi connectivity index (χ2v) is 4.93. The number of halogens is 1. The minimum absolute atomic E-state index is 0.0570. The third-order valence-electron chi connectivity index (χ3n) is 2.30. The van der Waals surface area contributed by atoms with Crippen molar-refractivity contribution in [2.24, 2.45) is 0 Å². The maximum atomic E-state index is 11.5. The summed E-state index contributed by atoms with van der Waals surface area (Å²) in [5.41, 5.74) is 0.951. The van der Waals surface area contributed by atoms with Gasteiger partial charge in [0.15, 0.2) is 0 Å². The second kappa shape index (κ2) is 6.83. The molecular formula is C12H17IN2O. The highest BCUT2D eigenvalue weighted by atomic mass is 127. The summed E-state index contributed by atoms with van der Waals surface area (Å²) in [6, 6.07) is 3.80. The van der Waals surface area contributed by atoms with Crippen LogP contribution < -0.4 is 5.32 Å². The van der Waals surface area contributed by atoms with E-state index in [9.17, 15) is 4.79 Å². The molecule has 0 unspecified atom stereocenters. The van der Waals surface area contributed by atoms with Gasteiger partial charge in [0.05, 0.1) is 5.69 Å². The highest BCUT2D eigenvalue weighted by molar-refractivity contribution is 14.1. The predicted octanol–water partition coefficient (Wildman–Crippen LogP) is 3.51. The van der Waals surface area contributed by atoms with Crippen LogP contribution in [0.3, 0.4) is 0 Å². The Labute approximate surface area is 110 Å². The Kier molecular flexibility index (Phi) is 5.73. The van der Waals surface area contributed by atoms with Crippen LogP contribution in [0.4, 0.5) is 5.82 Å². The summed E-state index contributed by atoms with van der Waals surface area (Å²) in [4.78, 5) is 15.8. The number of hydrogen-bond acceptors (Lipinski definition) is 2. The monoisotopic (exact) mass is 332 g/mol. The summed E-state index contributed by atoms with van der Waals surface area (Å²) in [5, 5.41) is 2.82. The molecule has 3 nitrogen and oxygen atoms in total. The minimum Gasteiger partial charge on any atom is -0.311 e. The third-order valence-corrected chi connectivity index (χ3v) is 3.44. The zero-order chi connectivity index (χ0) is 12.0. The summed E-state index contributed by atoms with van der Waals surface area (Å²) < 4.78 is 1.11. The van der Waals surface area contributed by atoms with E-state index in [-0.39, 0.29) is 5.91 Å². The maximum absolute atomic E-state index is 11.5. The molecule has 0 radical (unpaired) electrons. The fourth-order valence-corrected chi connectivity index (χ4v) is 1.65. The van der Waals surface area contributed by atoms with Gasteiger partial charge in [-0.2, -0.15) is 0 Å². The molecule has 0 spiro atoms. The molecule has 1 heterocycles. The van der Waals surface area contributed by atoms with Gasteiger partial charge in [0, 0.05) is 9.99 Å². The van der Waals surface area contributed by atoms with Gasteiger partial charge in [0.25, 0.3) is 0 Å². The normalized spacial score (nSPS) is 10.2. The van der Waals surface area contributed by atoms with Crippen LogP contribution in [0.25, 0.3) is 0 Å². The molecule has 0 aliphatic heterocycles. The lowest BCUT2D eigenvalue weighted by atomic mass is 10.2. The number of aromatic nitrogens is 1. The summed E-state index contributed by atoms with van der Waals surface area (Å²) >= 11 is 2.23. The predicted molar refractivity (Wildman–Crippen MR) is 74.5 cm³/mol. The molecule has 0 aliphatic carbocycles. The van der Waals surface area contributed by atoms with E-state index >= 15 is 0 Å². The first-order valence-corrected chi connectivity index (χ1v) is 6.64. The molecule has 1 amide bonds. The molecule has 0 aliphatic rings. The molecule has 1 N–H and O–H groups in total. The van der Waals surface area contributed by atoms with Gasteiger partial charge in [-0.3, -0.25) is 4.79 Å². The lowest BCUT2D eigenvalue weighted by Crippen LogP contribution is -2.12. The van der Waals surface area contributed by atoms with Crippen LogP contribution in [-0.2, 0) is 4.79 Å². The van der Waals surface area contributed by atoms with Crippen molar-refractivity contribution in [3.8, 4) is 0 Å². The SMILES string of the molecule is CCCCCC(=O)Nc1ccc(I)c(C)n1. The number of anilines is 1. The Morgan fingerprint density at radius 2 is 2.19 bits per heavy atom. The molecule has 0 atom stereocenters. The summed E-state index contributed by atoms with van der Waals surface area (Å²) in [6.45, 7) is 4.07. The van der Waals surface area contributed by atoms with Crippen molar-refractivity contribution in [1.29, 1.82) is 0 Å². The first kappa shape index (κ1) is 13.4. The molecule has 0 fully saturated rings. The van der Waals surface area contributed by atoms with Crippen LogP contribution in [0, 0.1) is 10.5 Å². The highest BCUT2D eigenvalue weighted by Gasteiger charge is 2.04. The number of aryl methyl sites for hydroxylation is 1. The van der Waals surface area contributed by atoms with Crippen molar-refractivity contribution in [3.63, 3.8) is 0 Å². The van der Waals surface area contributed by atoms with Crippen LogP contribution in [0.2, 0.25) is 0 Å². The number of nitrogens with zero attached hydrogens (tertiary/aromatic N) is 1. The molecule has 1 rings (SSSR count). The van der Waals surface area contributed by atoms with Gasteiger partial charge in [-0.1, -0.05) is 19.8 Å². The largest absolute Gasteiger partial charge is 0.311 e. The van der Waals surface area contributed by atoms with Gasteiger partial charge in [-0.15, -0.1) is 0 Å². The fraction of sp³-hybridized carbons (Fsp3) is 0.500. The topological polar surface area (TPSA) is 42.0 Å². The van der Waals surface area contributed by atoms with Gasteiger partial charge < -0.3 is 5.32 Å². The van der Waals surface area contributed by atoms with Crippen molar-refractivity contribution in [1.82, 2.24) is 4.98 Å². The van der Waals surface area contributed by atoms with Crippen molar-refractivity contribution in [2.75, 3.05) is 5.32 Å². The number of nitrogens with one attached hydrogen (secondary N) is 1. The van der Waals surface area contributed by atoms with Crippen LogP contribution in [0.15, 0.2) is 12.1 Å². The van der Waals surface area contributed by atoms with E-state index in [1.807, 2.05) is 19.1 Å². The average molecular weight is 332 g/mol. The molecule has 4 heteroatoms. The zero-order valence-corrected chi connectivity index (χ0v) is 11.9. The quantitative estimate of drug-likeness (QED) is 0.662. The van der Waals surface area contributed by atoms with Crippen LogP contribution in [0.1, 0.15) is 38.3 Å². The number of amides is 1. The molecular weight excluding hydrogens is 315 g/mol. The number of carbonyl (C=O) groups is 1. The van der Waals surface area contributed by atoms with Crippen LogP contribution in [0.5, 0.6) is 0 Å². The molecule has 0 bridgehead atoms. The standard InChI is InChI=1S/C12H17IN2O/c1-3-4-5-6-12(16)15-11-8-7-10(13)9(2)14-11/h7-8H,3-6H2,1-2H3,(H,14,15,16). The van der Waals surface area contributed by atoms with E-state index in [0.717, 1.165) is 28.5 Å². The number of rotatable bonds is 5. The molecule has 0 aromatic carbocycles. The van der Waals surface area contributed by atoms with Crippen molar-refractivity contribution in [3.05, 3.63) is 21.4 Å². The first-order chi connectivity index (χ1) is 7.63. The Balaban J connectivity index is 2.46. The van der Waals surface area contributed by atoms with Gasteiger partial charge >= 0.3 is 0 Å². The summed E-state index contributed by atoms with van der Waals surface area (Å²) in [6.07, 6.45) is 3.77. The van der Waals surface area contributed by atoms with Crippen LogP contribution >= 0.6 is 22.6 Å². The van der Waals surface area contributed by atoms with Gasteiger partial charge in [0.2, 0.25) is 5.91 Å². The van der Waals surface area contributed by atoms with Gasteiger partial charge in [-0.25, -0.2) is 4.98 Å². The Morgan fingerprint density at radius 3 is 2.81 bits per heavy atom. The highest BCUT2D eigenvalue weighted by Crippen LogP contribution is 2.12. The molecule has 0 saturated heterocycles. The fourth-order valence-electron chi connectivity index (χ4n) is 1.35. The minimum atomic E-state index is 0.0570. The molecule has 0 saturated carbocycles. The summed E-state index contributed by atoms with van der Waals surface area (Å²) in [7, 11) is 0. The molecule has 16 heavy (non-hydrogen) atoms. The van der Waals surface area contributed by atoms with Gasteiger partial charge in [0.1, 0.15) is 5.82 Å². The lowest BCUT2D eigenvalue weighted by molar-refractivity contribution is -0.116. The maximum Gasteiger partial charge on any atom is 0.225 e. The number of pyridine rings is 1. The first-order valence-electron chi connectivity index (χ1n) is 5.56. The van der Waals surface area contributed by atoms with E-state index in [4.69, 9.17) is 0 Å². The van der Waals surface area contributed by atoms with E-state index in [1.54, 1.807) is 0 Å². The van der Waals surface area contributed by atoms with Crippen molar-refractivity contribution < 1.29 is 4.79 Å². The molecule has 1 aromatic heterocycles. The number of unbranched alkanes of at least 4 members (excludes halogenated alkanes) is 2. The van der Waals surface area contributed by atoms with Crippen molar-refractivity contribution in [2.45, 2.75) is 39.5 Å². The number of hydrogen-bond donors (Lipinski definition) is 1. The van der Waals surface area contributed by atoms with E-state index in [0.29, 0.717) is 12.2 Å². The average Bonchev–Trinajstić information content (AvgIpc) is 2.24. The van der Waals surface area contributed by atoms with E-state index in [2.05, 4.69) is 39.8 Å². The lowest BCUT2D eigenvalue weighted by Gasteiger charge is -2.05. The smallest absolute Gasteiger partial charge is 0.225 e. The second-order valence-electron chi connectivity index (χ2n) is 3.77. The Bertz CT molecular complexity index is 366. The van der Waals surface area contributed by atoms with Crippen LogP contribution in [-0.4, -0.2) is 10.9 Å². The van der Waals surface area contributed by atoms with E-state index < -0.39 is 0 Å². The molecule has 88 valence electrons.